The van der Waals surface area contributed by atoms with Crippen molar-refractivity contribution in [3.63, 3.8) is 0 Å². The highest BCUT2D eigenvalue weighted by molar-refractivity contribution is 5.12. The normalized spacial score (nSPS) is 15.4. The van der Waals surface area contributed by atoms with E-state index >= 15 is 0 Å². The fourth-order valence-corrected chi connectivity index (χ4v) is 1.24. The van der Waals surface area contributed by atoms with E-state index in [1.807, 2.05) is 28.3 Å². The molecule has 1 aromatic heterocycles. The summed E-state index contributed by atoms with van der Waals surface area (Å²) in [5, 5.41) is 2.04. The van der Waals surface area contributed by atoms with Gasteiger partial charge >= 0.3 is 0 Å². The molecule has 0 saturated carbocycles. The van der Waals surface area contributed by atoms with E-state index in [-0.39, 0.29) is 0 Å². The fourth-order valence-electron chi connectivity index (χ4n) is 1.24. The lowest BCUT2D eigenvalue weighted by molar-refractivity contribution is 0.769. The summed E-state index contributed by atoms with van der Waals surface area (Å²) < 4.78 is 2.02. The quantitative estimate of drug-likeness (QED) is 0.559. The number of hydrogen-bond acceptors (Lipinski definition) is 2. The molecule has 1 aromatic rings. The minimum absolute atomic E-state index is 1.01. The van der Waals surface area contributed by atoms with Crippen molar-refractivity contribution in [3.05, 3.63) is 31.0 Å². The Labute approximate surface area is 59.6 Å². The molecule has 0 spiro atoms. The summed E-state index contributed by atoms with van der Waals surface area (Å²) in [6, 6.07) is 0. The zero-order valence-electron chi connectivity index (χ0n) is 5.70. The van der Waals surface area contributed by atoms with Crippen LogP contribution in [0.1, 0.15) is 5.82 Å². The van der Waals surface area contributed by atoms with Gasteiger partial charge in [-0.15, -0.1) is 0 Å². The van der Waals surface area contributed by atoms with Crippen LogP contribution in [0.2, 0.25) is 0 Å². The molecule has 10 heavy (non-hydrogen) atoms. The Kier molecular flexibility index (Phi) is 1.03. The summed E-state index contributed by atoms with van der Waals surface area (Å²) in [5.74, 6) is 1.12. The summed E-state index contributed by atoms with van der Waals surface area (Å²) in [6.45, 7) is 4.71. The number of aromatic nitrogens is 2. The van der Waals surface area contributed by atoms with Crippen LogP contribution in [0.5, 0.6) is 0 Å². The van der Waals surface area contributed by atoms with Crippen molar-refractivity contribution < 1.29 is 0 Å². The topological polar surface area (TPSA) is 21.1 Å². The third-order valence-corrected chi connectivity index (χ3v) is 1.75. The first-order valence-electron chi connectivity index (χ1n) is 3.33. The van der Waals surface area contributed by atoms with Gasteiger partial charge in [-0.2, -0.15) is 0 Å². The minimum Gasteiger partial charge on any atom is -0.288 e. The molecule has 0 unspecified atom stereocenters. The lowest BCUT2D eigenvalue weighted by atomic mass is 10.4. The van der Waals surface area contributed by atoms with Gasteiger partial charge in [0.15, 0.2) is 0 Å². The highest BCUT2D eigenvalue weighted by Crippen LogP contribution is 2.08. The molecular weight excluding hydrogens is 126 g/mol. The van der Waals surface area contributed by atoms with Crippen LogP contribution in [0.4, 0.5) is 0 Å². The molecule has 3 nitrogen and oxygen atoms in total. The van der Waals surface area contributed by atoms with Crippen LogP contribution < -0.4 is 5.01 Å². The van der Waals surface area contributed by atoms with Gasteiger partial charge in [-0.1, -0.05) is 6.58 Å². The van der Waals surface area contributed by atoms with Crippen LogP contribution in [0.15, 0.2) is 25.2 Å². The monoisotopic (exact) mass is 135 g/mol. The van der Waals surface area contributed by atoms with E-state index in [0.29, 0.717) is 0 Å². The van der Waals surface area contributed by atoms with E-state index in [9.17, 15) is 0 Å². The van der Waals surface area contributed by atoms with Crippen molar-refractivity contribution in [2.45, 2.75) is 6.42 Å². The van der Waals surface area contributed by atoms with E-state index in [2.05, 4.69) is 11.6 Å². The molecule has 0 aromatic carbocycles. The SMILES string of the molecule is C=CN1CCc2nccn21. The molecule has 0 fully saturated rings. The molecule has 2 heterocycles. The van der Waals surface area contributed by atoms with Crippen LogP contribution in [0.3, 0.4) is 0 Å². The summed E-state index contributed by atoms with van der Waals surface area (Å²) >= 11 is 0. The van der Waals surface area contributed by atoms with Crippen molar-refractivity contribution in [2.24, 2.45) is 0 Å². The van der Waals surface area contributed by atoms with Gasteiger partial charge in [0.2, 0.25) is 0 Å². The molecule has 0 N–H and O–H groups in total. The minimum atomic E-state index is 1.01. The van der Waals surface area contributed by atoms with Crippen LogP contribution in [0.25, 0.3) is 0 Å². The number of rotatable bonds is 1. The smallest absolute Gasteiger partial charge is 0.129 e. The van der Waals surface area contributed by atoms with E-state index in [0.717, 1.165) is 18.8 Å². The third kappa shape index (κ3) is 0.572. The van der Waals surface area contributed by atoms with E-state index in [1.165, 1.54) is 0 Å². The Hall–Kier alpha value is -1.25. The summed E-state index contributed by atoms with van der Waals surface area (Å²) in [5.41, 5.74) is 0. The largest absolute Gasteiger partial charge is 0.288 e. The Morgan fingerprint density at radius 1 is 1.70 bits per heavy atom. The predicted molar refractivity (Wildman–Crippen MR) is 39.2 cm³/mol. The lowest BCUT2D eigenvalue weighted by Gasteiger charge is -2.12. The predicted octanol–water partition coefficient (Wildman–Crippen LogP) is 0.521. The first-order valence-corrected chi connectivity index (χ1v) is 3.33. The second-order valence-electron chi connectivity index (χ2n) is 2.28. The summed E-state index contributed by atoms with van der Waals surface area (Å²) in [7, 11) is 0. The van der Waals surface area contributed by atoms with E-state index < -0.39 is 0 Å². The van der Waals surface area contributed by atoms with Crippen LogP contribution in [-0.4, -0.2) is 16.2 Å². The maximum Gasteiger partial charge on any atom is 0.129 e. The van der Waals surface area contributed by atoms with Crippen molar-refractivity contribution in [1.82, 2.24) is 9.66 Å². The van der Waals surface area contributed by atoms with E-state index in [1.54, 1.807) is 0 Å². The molecule has 2 rings (SSSR count). The lowest BCUT2D eigenvalue weighted by Crippen LogP contribution is -2.22. The number of nitrogens with zero attached hydrogens (tertiary/aromatic N) is 3. The van der Waals surface area contributed by atoms with Crippen LogP contribution in [0, 0.1) is 0 Å². The molecule has 0 aliphatic carbocycles. The van der Waals surface area contributed by atoms with Crippen molar-refractivity contribution in [1.29, 1.82) is 0 Å². The summed E-state index contributed by atoms with van der Waals surface area (Å²) in [4.78, 5) is 4.17. The fraction of sp³-hybridized carbons (Fsp3) is 0.286. The Morgan fingerprint density at radius 3 is 3.40 bits per heavy atom. The molecule has 3 heteroatoms. The molecule has 1 aliphatic rings. The zero-order valence-corrected chi connectivity index (χ0v) is 5.70. The number of hydrogen-bond donors (Lipinski definition) is 0. The van der Waals surface area contributed by atoms with Gasteiger partial charge in [-0.05, 0) is 0 Å². The second-order valence-corrected chi connectivity index (χ2v) is 2.28. The molecule has 0 radical (unpaired) electrons. The third-order valence-electron chi connectivity index (χ3n) is 1.75. The van der Waals surface area contributed by atoms with Crippen LogP contribution >= 0.6 is 0 Å². The Bertz CT molecular complexity index is 251. The van der Waals surface area contributed by atoms with E-state index in [4.69, 9.17) is 0 Å². The Morgan fingerprint density at radius 2 is 2.60 bits per heavy atom. The molecule has 0 saturated heterocycles. The van der Waals surface area contributed by atoms with Crippen molar-refractivity contribution in [2.75, 3.05) is 11.6 Å². The highest BCUT2D eigenvalue weighted by atomic mass is 15.6. The van der Waals surface area contributed by atoms with Gasteiger partial charge in [0.1, 0.15) is 5.82 Å². The van der Waals surface area contributed by atoms with Gasteiger partial charge in [-0.3, -0.25) is 5.01 Å². The maximum atomic E-state index is 4.17. The maximum absolute atomic E-state index is 4.17. The van der Waals surface area contributed by atoms with Crippen molar-refractivity contribution in [3.8, 4) is 0 Å². The van der Waals surface area contributed by atoms with Crippen LogP contribution in [-0.2, 0) is 6.42 Å². The number of fused-ring (bicyclic) bond motifs is 1. The zero-order chi connectivity index (χ0) is 6.97. The average molecular weight is 135 g/mol. The molecule has 0 atom stereocenters. The molecule has 1 aliphatic heterocycles. The molecule has 0 amide bonds. The highest BCUT2D eigenvalue weighted by Gasteiger charge is 2.14. The molecule has 0 bridgehead atoms. The van der Waals surface area contributed by atoms with Gasteiger partial charge < -0.3 is 0 Å². The second kappa shape index (κ2) is 1.87. The van der Waals surface area contributed by atoms with Gasteiger partial charge in [0.25, 0.3) is 0 Å². The first-order chi connectivity index (χ1) is 4.92. The van der Waals surface area contributed by atoms with Gasteiger partial charge in [-0.25, -0.2) is 9.66 Å². The van der Waals surface area contributed by atoms with Gasteiger partial charge in [0.05, 0.1) is 0 Å². The first kappa shape index (κ1) is 5.53. The van der Waals surface area contributed by atoms with Gasteiger partial charge in [0, 0.05) is 31.6 Å². The molecule has 52 valence electrons. The number of imidazole rings is 1. The standard InChI is InChI=1S/C7H9N3/c1-2-9-5-3-7-8-4-6-10(7)9/h2,4,6H,1,3,5H2. The molecular formula is C7H9N3. The Balaban J connectivity index is 2.43. The average Bonchev–Trinajstić information content (AvgIpc) is 2.44. The van der Waals surface area contributed by atoms with Crippen molar-refractivity contribution >= 4 is 0 Å². The summed E-state index contributed by atoms with van der Waals surface area (Å²) in [6.07, 6.45) is 6.60.